The van der Waals surface area contributed by atoms with Gasteiger partial charge in [-0.05, 0) is 48.8 Å². The summed E-state index contributed by atoms with van der Waals surface area (Å²) >= 11 is 1.12. The lowest BCUT2D eigenvalue weighted by atomic mass is 10.1. The Bertz CT molecular complexity index is 1920. The average Bonchev–Trinajstić information content (AvgIpc) is 3.61. The number of thioether (sulfide) groups is 1. The van der Waals surface area contributed by atoms with E-state index >= 15 is 0 Å². The summed E-state index contributed by atoms with van der Waals surface area (Å²) in [5.41, 5.74) is -0.817. The first-order valence-electron chi connectivity index (χ1n) is 17.3. The molecule has 2 aliphatic heterocycles. The molecule has 2 heterocycles. The van der Waals surface area contributed by atoms with Gasteiger partial charge in [-0.25, -0.2) is 4.79 Å². The van der Waals surface area contributed by atoms with Gasteiger partial charge >= 0.3 is 11.9 Å². The van der Waals surface area contributed by atoms with Crippen molar-refractivity contribution < 1.29 is 38.2 Å². The summed E-state index contributed by atoms with van der Waals surface area (Å²) in [6, 6.07) is 36.4. The van der Waals surface area contributed by atoms with Crippen molar-refractivity contribution in [2.45, 2.75) is 44.2 Å². The molecule has 274 valence electrons. The molecule has 10 nitrogen and oxygen atoms in total. The second-order valence-corrected chi connectivity index (χ2v) is 18.0. The van der Waals surface area contributed by atoms with E-state index in [4.69, 9.17) is 14.2 Å². The topological polar surface area (TPSA) is 128 Å². The minimum Gasteiger partial charge on any atom is -0.484 e. The zero-order valence-corrected chi connectivity index (χ0v) is 31.4. The van der Waals surface area contributed by atoms with Crippen molar-refractivity contribution in [1.82, 2.24) is 10.2 Å². The zero-order valence-electron chi connectivity index (χ0n) is 29.7. The van der Waals surface area contributed by atoms with Crippen molar-refractivity contribution in [2.75, 3.05) is 19.0 Å². The van der Waals surface area contributed by atoms with Crippen LogP contribution in [-0.4, -0.2) is 75.8 Å². The number of nitrogens with one attached hydrogen (secondary N) is 1. The maximum Gasteiger partial charge on any atom is 0.356 e. The Kier molecular flexibility index (Phi) is 11.6. The Hall–Kier alpha value is -5.12. The number of nitrogens with zero attached hydrogens (tertiary/aromatic N) is 1. The Balaban J connectivity index is 1.52. The van der Waals surface area contributed by atoms with Gasteiger partial charge in [0.15, 0.2) is 6.61 Å². The van der Waals surface area contributed by atoms with E-state index < -0.39 is 53.6 Å². The number of hydrogen-bond acceptors (Lipinski definition) is 9. The molecular weight excluding hydrogens is 711 g/mol. The second kappa shape index (κ2) is 16.3. The minimum absolute atomic E-state index is 0.0114. The van der Waals surface area contributed by atoms with Crippen molar-refractivity contribution >= 4 is 69.5 Å². The van der Waals surface area contributed by atoms with Crippen LogP contribution < -0.4 is 26.0 Å². The summed E-state index contributed by atoms with van der Waals surface area (Å²) < 4.78 is 16.9. The second-order valence-electron chi connectivity index (χ2n) is 13.6. The number of rotatable bonds is 13. The van der Waals surface area contributed by atoms with E-state index in [1.807, 2.05) is 97.1 Å². The van der Waals surface area contributed by atoms with Gasteiger partial charge in [-0.15, -0.1) is 11.8 Å². The van der Waals surface area contributed by atoms with E-state index in [9.17, 15) is 24.0 Å². The highest BCUT2D eigenvalue weighted by Gasteiger charge is 2.55. The van der Waals surface area contributed by atoms with Crippen molar-refractivity contribution in [3.63, 3.8) is 0 Å². The van der Waals surface area contributed by atoms with Crippen molar-refractivity contribution in [3.05, 3.63) is 121 Å². The lowest BCUT2D eigenvalue weighted by Gasteiger charge is -2.49. The molecule has 3 atom stereocenters. The van der Waals surface area contributed by atoms with Crippen molar-refractivity contribution in [1.29, 1.82) is 0 Å². The smallest absolute Gasteiger partial charge is 0.356 e. The predicted molar refractivity (Wildman–Crippen MR) is 207 cm³/mol. The van der Waals surface area contributed by atoms with E-state index in [1.165, 1.54) is 4.90 Å². The summed E-state index contributed by atoms with van der Waals surface area (Å²) in [5, 5.41) is 4.32. The van der Waals surface area contributed by atoms with Gasteiger partial charge in [-0.2, -0.15) is 0 Å². The number of carbonyl (C=O) groups is 5. The van der Waals surface area contributed by atoms with Gasteiger partial charge in [0.1, 0.15) is 40.6 Å². The normalized spacial score (nSPS) is 18.4. The molecule has 2 aliphatic rings. The molecule has 0 saturated carbocycles. The standard InChI is InChI=1S/C41H41N2O8PS/c1-41(2,3)51-40(48)38(52(30-18-10-5-11-19-30,31-20-12-6-13-21-31)32-22-14-7-15-23-32)43-37(47)36(42-34(45)26-49-29-16-8-4-9-17-29)39(43)53-27-33(44)28-24-35(46)50-25-28/h4-23,28,36,39H,24-27H2,1-3H3,(H,42,45)/t28-,36-,39-/m1/s1. The summed E-state index contributed by atoms with van der Waals surface area (Å²) in [6.07, 6.45) is -0.0242. The number of ketones is 1. The van der Waals surface area contributed by atoms with E-state index in [0.717, 1.165) is 27.7 Å². The highest BCUT2D eigenvalue weighted by molar-refractivity contribution is 8.01. The van der Waals surface area contributed by atoms with Crippen LogP contribution in [0, 0.1) is 5.92 Å². The molecule has 0 aromatic heterocycles. The third-order valence-corrected chi connectivity index (χ3v) is 14.3. The lowest BCUT2D eigenvalue weighted by molar-refractivity contribution is -0.151. The van der Waals surface area contributed by atoms with Crippen LogP contribution in [0.1, 0.15) is 27.2 Å². The van der Waals surface area contributed by atoms with Gasteiger partial charge in [0, 0.05) is 6.89 Å². The number of esters is 2. The molecule has 2 amide bonds. The van der Waals surface area contributed by atoms with Crippen molar-refractivity contribution in [3.8, 4) is 5.75 Å². The van der Waals surface area contributed by atoms with Gasteiger partial charge in [0.05, 0.1) is 18.1 Å². The fourth-order valence-corrected chi connectivity index (χ4v) is 12.1. The molecule has 4 aromatic rings. The Morgan fingerprint density at radius 2 is 1.32 bits per heavy atom. The van der Waals surface area contributed by atoms with E-state index in [1.54, 1.807) is 45.0 Å². The first-order valence-corrected chi connectivity index (χ1v) is 20.1. The van der Waals surface area contributed by atoms with Gasteiger partial charge in [-0.1, -0.05) is 109 Å². The number of benzene rings is 4. The molecule has 0 bridgehead atoms. The van der Waals surface area contributed by atoms with Crippen LogP contribution in [0.2, 0.25) is 0 Å². The number of para-hydroxylation sites is 1. The molecule has 1 N–H and O–H groups in total. The van der Waals surface area contributed by atoms with Crippen LogP contribution in [-0.2, 0) is 33.4 Å². The number of cyclic esters (lactones) is 1. The molecule has 6 rings (SSSR count). The van der Waals surface area contributed by atoms with Crippen LogP contribution in [0.15, 0.2) is 121 Å². The average molecular weight is 753 g/mol. The number of Topliss-reactive ketones (excluding diaryl/α,β-unsaturated/α-hetero) is 1. The highest BCUT2D eigenvalue weighted by Crippen LogP contribution is 2.50. The lowest BCUT2D eigenvalue weighted by Crippen LogP contribution is -2.73. The quantitative estimate of drug-likeness (QED) is 0.122. The number of β-lactam (4-membered cyclic amide) rings is 1. The SMILES string of the molecule is CC(C)(C)OC(=O)C(N1C(=O)[C@@H](NC(=O)COc2ccccc2)[C@H]1SCC(=O)[C@H]1COC(=O)C1)=P(c1ccccc1)(c1ccccc1)c1ccccc1. The molecule has 2 saturated heterocycles. The molecule has 4 aromatic carbocycles. The molecule has 0 spiro atoms. The van der Waals surface area contributed by atoms with Crippen LogP contribution in [0.4, 0.5) is 0 Å². The molecule has 2 fully saturated rings. The highest BCUT2D eigenvalue weighted by atomic mass is 32.2. The van der Waals surface area contributed by atoms with Crippen LogP contribution in [0.5, 0.6) is 5.75 Å². The third-order valence-electron chi connectivity index (χ3n) is 8.74. The zero-order chi connectivity index (χ0) is 37.6. The molecule has 0 aliphatic carbocycles. The molecule has 12 heteroatoms. The first kappa shape index (κ1) is 37.6. The van der Waals surface area contributed by atoms with E-state index in [2.05, 4.69) is 5.32 Å². The maximum atomic E-state index is 15.0. The number of amides is 2. The minimum atomic E-state index is -3.24. The summed E-state index contributed by atoms with van der Waals surface area (Å²) in [5.74, 6) is -2.68. The third kappa shape index (κ3) is 8.27. The largest absolute Gasteiger partial charge is 0.484 e. The van der Waals surface area contributed by atoms with Crippen LogP contribution >= 0.6 is 18.6 Å². The number of carbonyl (C=O) groups excluding carboxylic acids is 5. The van der Waals surface area contributed by atoms with Crippen molar-refractivity contribution in [2.24, 2.45) is 5.92 Å². The summed E-state index contributed by atoms with van der Waals surface area (Å²) in [6.45, 7) is 1.68. The fourth-order valence-electron chi connectivity index (χ4n) is 6.37. The molecule has 53 heavy (non-hydrogen) atoms. The Morgan fingerprint density at radius 1 is 0.811 bits per heavy atom. The number of hydrogen-bond donors (Lipinski definition) is 1. The fraction of sp³-hybridized carbons (Fsp3) is 0.268. The van der Waals surface area contributed by atoms with Crippen LogP contribution in [0.25, 0.3) is 0 Å². The summed E-state index contributed by atoms with van der Waals surface area (Å²) in [7, 11) is 0. The monoisotopic (exact) mass is 752 g/mol. The number of ether oxygens (including phenoxy) is 3. The first-order chi connectivity index (χ1) is 25.5. The van der Waals surface area contributed by atoms with Gasteiger partial charge in [-0.3, -0.25) is 24.1 Å². The predicted octanol–water partition coefficient (Wildman–Crippen LogP) is 4.05. The van der Waals surface area contributed by atoms with E-state index in [-0.39, 0.29) is 36.6 Å². The van der Waals surface area contributed by atoms with Gasteiger partial charge < -0.3 is 19.5 Å². The molecular formula is C41H41N2O8PS. The molecule has 0 unspecified atom stereocenters. The summed E-state index contributed by atoms with van der Waals surface area (Å²) in [4.78, 5) is 69.6. The van der Waals surface area contributed by atoms with Gasteiger partial charge in [0.2, 0.25) is 0 Å². The van der Waals surface area contributed by atoms with Crippen LogP contribution in [0.3, 0.4) is 0 Å². The number of likely N-dealkylation sites (tertiary alicyclic amines) is 1. The van der Waals surface area contributed by atoms with E-state index in [0.29, 0.717) is 5.75 Å². The van der Waals surface area contributed by atoms with Gasteiger partial charge in [0.25, 0.3) is 11.8 Å². The Labute approximate surface area is 313 Å². The Morgan fingerprint density at radius 3 is 1.79 bits per heavy atom. The maximum absolute atomic E-state index is 15.0. The molecule has 0 radical (unpaired) electrons.